The number of nitrogens with zero attached hydrogens (tertiary/aromatic N) is 2. The van der Waals surface area contributed by atoms with Crippen molar-refractivity contribution >= 4 is 11.7 Å². The molecule has 2 N–H and O–H groups in total. The lowest BCUT2D eigenvalue weighted by molar-refractivity contribution is 0.174. The fraction of sp³-hybridized carbons (Fsp3) is 0.412. The van der Waals surface area contributed by atoms with Crippen molar-refractivity contribution in [2.75, 3.05) is 11.4 Å². The quantitative estimate of drug-likeness (QED) is 0.915. The van der Waals surface area contributed by atoms with Gasteiger partial charge in [0.25, 0.3) is 0 Å². The summed E-state index contributed by atoms with van der Waals surface area (Å²) in [5, 5.41) is 9.79. The molecule has 1 aromatic carbocycles. The number of hydrogen-bond acceptors (Lipinski definition) is 3. The Bertz CT molecular complexity index is 686. The maximum atomic E-state index is 12.7. The van der Waals surface area contributed by atoms with Gasteiger partial charge in [0, 0.05) is 12.2 Å². The molecule has 2 heterocycles. The summed E-state index contributed by atoms with van der Waals surface area (Å²) >= 11 is 0. The van der Waals surface area contributed by atoms with Crippen LogP contribution in [-0.4, -0.2) is 34.9 Å². The normalized spacial score (nSPS) is 22.9. The summed E-state index contributed by atoms with van der Waals surface area (Å²) in [5.41, 5.74) is 2.26. The number of para-hydroxylation sites is 1. The SMILES string of the molecule is O=C(N[C@@H]1CCC[C@@H]1Oc1cn[nH]c1)N1CCc2ccccc21. The third kappa shape index (κ3) is 2.76. The maximum Gasteiger partial charge on any atom is 0.322 e. The van der Waals surface area contributed by atoms with Crippen LogP contribution in [0.4, 0.5) is 10.5 Å². The van der Waals surface area contributed by atoms with Gasteiger partial charge in [-0.15, -0.1) is 0 Å². The predicted molar refractivity (Wildman–Crippen MR) is 86.7 cm³/mol. The first-order valence-electron chi connectivity index (χ1n) is 8.12. The predicted octanol–water partition coefficient (Wildman–Crippen LogP) is 2.48. The second-order valence-electron chi connectivity index (χ2n) is 6.11. The highest BCUT2D eigenvalue weighted by molar-refractivity contribution is 5.94. The number of fused-ring (bicyclic) bond motifs is 1. The van der Waals surface area contributed by atoms with Crippen molar-refractivity contribution in [1.82, 2.24) is 15.5 Å². The highest BCUT2D eigenvalue weighted by atomic mass is 16.5. The van der Waals surface area contributed by atoms with E-state index in [1.54, 1.807) is 12.4 Å². The van der Waals surface area contributed by atoms with Crippen molar-refractivity contribution in [3.05, 3.63) is 42.2 Å². The first-order valence-corrected chi connectivity index (χ1v) is 8.12. The van der Waals surface area contributed by atoms with Gasteiger partial charge in [-0.3, -0.25) is 10.00 Å². The van der Waals surface area contributed by atoms with Gasteiger partial charge in [0.2, 0.25) is 0 Å². The molecule has 23 heavy (non-hydrogen) atoms. The van der Waals surface area contributed by atoms with E-state index in [4.69, 9.17) is 4.74 Å². The minimum absolute atomic E-state index is 0.00870. The number of aromatic nitrogens is 2. The second kappa shape index (κ2) is 5.95. The first-order chi connectivity index (χ1) is 11.3. The standard InChI is InChI=1S/C17H20N4O2/c22-17(21-9-8-12-4-1-2-6-15(12)21)20-14-5-3-7-16(14)23-13-10-18-19-11-13/h1-2,4,6,10-11,14,16H,3,5,7-9H2,(H,18,19)(H,20,22)/t14-,16+/m1/s1. The summed E-state index contributed by atoms with van der Waals surface area (Å²) in [7, 11) is 0. The van der Waals surface area contributed by atoms with E-state index >= 15 is 0 Å². The number of H-pyrrole nitrogens is 1. The van der Waals surface area contributed by atoms with Crippen LogP contribution in [0.25, 0.3) is 0 Å². The van der Waals surface area contributed by atoms with Crippen molar-refractivity contribution in [2.45, 2.75) is 37.8 Å². The van der Waals surface area contributed by atoms with E-state index in [-0.39, 0.29) is 18.2 Å². The summed E-state index contributed by atoms with van der Waals surface area (Å²) in [5.74, 6) is 0.725. The van der Waals surface area contributed by atoms with Gasteiger partial charge in [-0.25, -0.2) is 4.79 Å². The lowest BCUT2D eigenvalue weighted by atomic mass is 10.2. The molecule has 1 aliphatic carbocycles. The molecule has 6 heteroatoms. The zero-order valence-electron chi connectivity index (χ0n) is 12.9. The minimum atomic E-state index is -0.0253. The van der Waals surface area contributed by atoms with E-state index in [0.29, 0.717) is 0 Å². The largest absolute Gasteiger partial charge is 0.485 e. The first kappa shape index (κ1) is 14.1. The molecule has 1 aromatic heterocycles. The molecule has 1 fully saturated rings. The lowest BCUT2D eigenvalue weighted by Gasteiger charge is -2.25. The average Bonchev–Trinajstić information content (AvgIpc) is 3.29. The Kier molecular flexibility index (Phi) is 3.65. The van der Waals surface area contributed by atoms with Crippen LogP contribution in [0.5, 0.6) is 5.75 Å². The summed E-state index contributed by atoms with van der Waals surface area (Å²) < 4.78 is 5.93. The fourth-order valence-corrected chi connectivity index (χ4v) is 3.50. The summed E-state index contributed by atoms with van der Waals surface area (Å²) in [6.45, 7) is 0.741. The topological polar surface area (TPSA) is 70.2 Å². The zero-order valence-corrected chi connectivity index (χ0v) is 12.9. The van der Waals surface area contributed by atoms with Gasteiger partial charge in [0.05, 0.1) is 18.4 Å². The number of anilines is 1. The molecule has 4 rings (SSSR count). The lowest BCUT2D eigenvalue weighted by Crippen LogP contribution is -2.48. The Balaban J connectivity index is 1.42. The number of ether oxygens (including phenoxy) is 1. The van der Waals surface area contributed by atoms with Gasteiger partial charge >= 0.3 is 6.03 Å². The van der Waals surface area contributed by atoms with Crippen LogP contribution in [-0.2, 0) is 6.42 Å². The zero-order chi connectivity index (χ0) is 15.6. The van der Waals surface area contributed by atoms with Gasteiger partial charge in [0.1, 0.15) is 6.10 Å². The molecule has 2 aromatic rings. The maximum absolute atomic E-state index is 12.7. The number of hydrogen-bond donors (Lipinski definition) is 2. The molecule has 2 atom stereocenters. The molecular formula is C17H20N4O2. The Morgan fingerprint density at radius 2 is 2.26 bits per heavy atom. The molecule has 0 radical (unpaired) electrons. The van der Waals surface area contributed by atoms with E-state index in [1.165, 1.54) is 5.56 Å². The van der Waals surface area contributed by atoms with Crippen molar-refractivity contribution in [1.29, 1.82) is 0 Å². The van der Waals surface area contributed by atoms with Crippen LogP contribution in [0.3, 0.4) is 0 Å². The molecule has 0 unspecified atom stereocenters. The van der Waals surface area contributed by atoms with E-state index in [2.05, 4.69) is 21.6 Å². The average molecular weight is 312 g/mol. The Hall–Kier alpha value is -2.50. The van der Waals surface area contributed by atoms with Crippen LogP contribution in [0.1, 0.15) is 24.8 Å². The summed E-state index contributed by atoms with van der Waals surface area (Å²) in [6, 6.07) is 8.11. The smallest absolute Gasteiger partial charge is 0.322 e. The van der Waals surface area contributed by atoms with Crippen LogP contribution >= 0.6 is 0 Å². The van der Waals surface area contributed by atoms with E-state index in [9.17, 15) is 4.79 Å². The fourth-order valence-electron chi connectivity index (χ4n) is 3.50. The number of benzene rings is 1. The molecule has 2 amide bonds. The third-order valence-corrected chi connectivity index (χ3v) is 4.65. The third-order valence-electron chi connectivity index (χ3n) is 4.65. The van der Waals surface area contributed by atoms with Gasteiger partial charge in [0.15, 0.2) is 5.75 Å². The highest BCUT2D eigenvalue weighted by Crippen LogP contribution is 2.29. The van der Waals surface area contributed by atoms with Gasteiger partial charge in [-0.05, 0) is 37.3 Å². The number of carbonyl (C=O) groups is 1. The summed E-state index contributed by atoms with van der Waals surface area (Å²) in [6.07, 6.45) is 7.28. The molecule has 2 aliphatic rings. The molecule has 1 aliphatic heterocycles. The van der Waals surface area contributed by atoms with E-state index in [1.807, 2.05) is 23.1 Å². The molecule has 0 bridgehead atoms. The Labute approximate surface area is 134 Å². The number of aromatic amines is 1. The van der Waals surface area contributed by atoms with Crippen LogP contribution in [0, 0.1) is 0 Å². The van der Waals surface area contributed by atoms with Gasteiger partial charge in [-0.1, -0.05) is 18.2 Å². The van der Waals surface area contributed by atoms with Crippen LogP contribution < -0.4 is 15.0 Å². The van der Waals surface area contributed by atoms with Crippen molar-refractivity contribution in [3.8, 4) is 5.75 Å². The van der Waals surface area contributed by atoms with Crippen molar-refractivity contribution < 1.29 is 9.53 Å². The van der Waals surface area contributed by atoms with Gasteiger partial charge < -0.3 is 10.1 Å². The Morgan fingerprint density at radius 1 is 1.35 bits per heavy atom. The number of nitrogens with one attached hydrogen (secondary N) is 2. The van der Waals surface area contributed by atoms with E-state index in [0.717, 1.165) is 43.7 Å². The minimum Gasteiger partial charge on any atom is -0.485 e. The molecule has 120 valence electrons. The molecule has 0 spiro atoms. The summed E-state index contributed by atoms with van der Waals surface area (Å²) in [4.78, 5) is 14.5. The number of carbonyl (C=O) groups excluding carboxylic acids is 1. The number of urea groups is 1. The van der Waals surface area contributed by atoms with Crippen LogP contribution in [0.15, 0.2) is 36.7 Å². The number of amides is 2. The molecule has 1 saturated carbocycles. The monoisotopic (exact) mass is 312 g/mol. The van der Waals surface area contributed by atoms with Crippen molar-refractivity contribution in [2.24, 2.45) is 0 Å². The molecule has 6 nitrogen and oxygen atoms in total. The highest BCUT2D eigenvalue weighted by Gasteiger charge is 2.33. The van der Waals surface area contributed by atoms with E-state index < -0.39 is 0 Å². The molecule has 0 saturated heterocycles. The van der Waals surface area contributed by atoms with Crippen LogP contribution in [0.2, 0.25) is 0 Å². The van der Waals surface area contributed by atoms with Gasteiger partial charge in [-0.2, -0.15) is 5.10 Å². The Morgan fingerprint density at radius 3 is 3.13 bits per heavy atom. The molecular weight excluding hydrogens is 292 g/mol. The second-order valence-corrected chi connectivity index (χ2v) is 6.11. The number of rotatable bonds is 3. The van der Waals surface area contributed by atoms with Crippen molar-refractivity contribution in [3.63, 3.8) is 0 Å².